The van der Waals surface area contributed by atoms with Crippen molar-refractivity contribution in [2.45, 2.75) is 26.7 Å². The zero-order valence-corrected chi connectivity index (χ0v) is 17.8. The molecule has 3 rings (SSSR count). The first-order chi connectivity index (χ1) is 14.5. The summed E-state index contributed by atoms with van der Waals surface area (Å²) in [6.07, 6.45) is 2.10. The maximum absolute atomic E-state index is 12.7. The molecular formula is C24H31N3O3. The SMILES string of the molecule is CC(C)C(=O)NCC1CCCN(CC(=O)Nc2ccccc2Oc2ccccc2)C1. The Morgan fingerprint density at radius 3 is 2.60 bits per heavy atom. The molecule has 1 aliphatic rings. The molecule has 0 spiro atoms. The van der Waals surface area contributed by atoms with E-state index in [1.54, 1.807) is 0 Å². The number of hydrogen-bond acceptors (Lipinski definition) is 4. The number of anilines is 1. The number of nitrogens with one attached hydrogen (secondary N) is 2. The van der Waals surface area contributed by atoms with Crippen molar-refractivity contribution in [3.05, 3.63) is 54.6 Å². The van der Waals surface area contributed by atoms with Crippen molar-refractivity contribution < 1.29 is 14.3 Å². The van der Waals surface area contributed by atoms with Gasteiger partial charge in [0.25, 0.3) is 0 Å². The Balaban J connectivity index is 1.52. The number of carbonyl (C=O) groups is 2. The van der Waals surface area contributed by atoms with E-state index in [1.807, 2.05) is 68.4 Å². The van der Waals surface area contributed by atoms with Crippen LogP contribution in [0.3, 0.4) is 0 Å². The van der Waals surface area contributed by atoms with Crippen molar-refractivity contribution in [3.63, 3.8) is 0 Å². The Morgan fingerprint density at radius 1 is 1.10 bits per heavy atom. The first-order valence-corrected chi connectivity index (χ1v) is 10.6. The molecule has 0 bridgehead atoms. The molecule has 2 N–H and O–H groups in total. The molecule has 1 unspecified atom stereocenters. The summed E-state index contributed by atoms with van der Waals surface area (Å²) in [6.45, 7) is 6.49. The van der Waals surface area contributed by atoms with E-state index < -0.39 is 0 Å². The van der Waals surface area contributed by atoms with Crippen LogP contribution in [0.2, 0.25) is 0 Å². The second-order valence-corrected chi connectivity index (χ2v) is 8.10. The van der Waals surface area contributed by atoms with Gasteiger partial charge in [0, 0.05) is 19.0 Å². The van der Waals surface area contributed by atoms with Crippen LogP contribution in [0.1, 0.15) is 26.7 Å². The van der Waals surface area contributed by atoms with Crippen molar-refractivity contribution in [3.8, 4) is 11.5 Å². The van der Waals surface area contributed by atoms with Crippen LogP contribution in [-0.4, -0.2) is 42.9 Å². The summed E-state index contributed by atoms with van der Waals surface area (Å²) in [5.41, 5.74) is 0.657. The van der Waals surface area contributed by atoms with Gasteiger partial charge in [0.2, 0.25) is 11.8 Å². The summed E-state index contributed by atoms with van der Waals surface area (Å²) < 4.78 is 5.92. The van der Waals surface area contributed by atoms with Crippen molar-refractivity contribution in [2.75, 3.05) is 31.5 Å². The topological polar surface area (TPSA) is 70.7 Å². The van der Waals surface area contributed by atoms with Crippen molar-refractivity contribution in [1.29, 1.82) is 0 Å². The van der Waals surface area contributed by atoms with E-state index >= 15 is 0 Å². The maximum atomic E-state index is 12.7. The average molecular weight is 410 g/mol. The zero-order valence-electron chi connectivity index (χ0n) is 17.8. The smallest absolute Gasteiger partial charge is 0.238 e. The van der Waals surface area contributed by atoms with Crippen molar-refractivity contribution in [2.24, 2.45) is 11.8 Å². The molecule has 1 fully saturated rings. The maximum Gasteiger partial charge on any atom is 0.238 e. The lowest BCUT2D eigenvalue weighted by atomic mass is 9.97. The fraction of sp³-hybridized carbons (Fsp3) is 0.417. The number of nitrogens with zero attached hydrogens (tertiary/aromatic N) is 1. The van der Waals surface area contributed by atoms with E-state index in [4.69, 9.17) is 4.74 Å². The third-order valence-electron chi connectivity index (χ3n) is 5.19. The average Bonchev–Trinajstić information content (AvgIpc) is 2.74. The lowest BCUT2D eigenvalue weighted by Gasteiger charge is -2.32. The molecule has 2 aromatic carbocycles. The van der Waals surface area contributed by atoms with Gasteiger partial charge in [0.05, 0.1) is 12.2 Å². The predicted molar refractivity (Wildman–Crippen MR) is 119 cm³/mol. The van der Waals surface area contributed by atoms with Crippen LogP contribution in [0.5, 0.6) is 11.5 Å². The number of rotatable bonds is 8. The minimum absolute atomic E-state index is 0.00588. The van der Waals surface area contributed by atoms with E-state index in [0.717, 1.165) is 31.7 Å². The fourth-order valence-electron chi connectivity index (χ4n) is 3.58. The van der Waals surface area contributed by atoms with E-state index in [9.17, 15) is 9.59 Å². The molecule has 2 amide bonds. The molecule has 0 aliphatic carbocycles. The molecule has 0 aromatic heterocycles. The van der Waals surface area contributed by atoms with Gasteiger partial charge in [-0.25, -0.2) is 0 Å². The van der Waals surface area contributed by atoms with Gasteiger partial charge >= 0.3 is 0 Å². The number of benzene rings is 2. The van der Waals surface area contributed by atoms with Crippen molar-refractivity contribution >= 4 is 17.5 Å². The predicted octanol–water partition coefficient (Wildman–Crippen LogP) is 3.90. The highest BCUT2D eigenvalue weighted by atomic mass is 16.5. The van der Waals surface area contributed by atoms with Gasteiger partial charge in [-0.05, 0) is 49.6 Å². The Hall–Kier alpha value is -2.86. The summed E-state index contributed by atoms with van der Waals surface area (Å²) in [6, 6.07) is 17.0. The highest BCUT2D eigenvalue weighted by Crippen LogP contribution is 2.29. The van der Waals surface area contributed by atoms with Crippen LogP contribution in [0, 0.1) is 11.8 Å². The number of para-hydroxylation sites is 3. The molecule has 6 nitrogen and oxygen atoms in total. The van der Waals surface area contributed by atoms with Gasteiger partial charge in [-0.3, -0.25) is 14.5 Å². The molecule has 30 heavy (non-hydrogen) atoms. The van der Waals surface area contributed by atoms with Crippen LogP contribution in [0.25, 0.3) is 0 Å². The summed E-state index contributed by atoms with van der Waals surface area (Å²) in [5, 5.41) is 6.00. The van der Waals surface area contributed by atoms with Gasteiger partial charge in [-0.2, -0.15) is 0 Å². The molecular weight excluding hydrogens is 378 g/mol. The molecule has 0 radical (unpaired) electrons. The van der Waals surface area contributed by atoms with Crippen LogP contribution in [0.4, 0.5) is 5.69 Å². The number of carbonyl (C=O) groups excluding carboxylic acids is 2. The second-order valence-electron chi connectivity index (χ2n) is 8.10. The quantitative estimate of drug-likeness (QED) is 0.694. The third kappa shape index (κ3) is 6.59. The third-order valence-corrected chi connectivity index (χ3v) is 5.19. The van der Waals surface area contributed by atoms with Crippen LogP contribution in [-0.2, 0) is 9.59 Å². The molecule has 0 saturated carbocycles. The Labute approximate surface area is 178 Å². The summed E-state index contributed by atoms with van der Waals surface area (Å²) in [7, 11) is 0. The van der Waals surface area contributed by atoms with Gasteiger partial charge in [0.1, 0.15) is 5.75 Å². The Bertz CT molecular complexity index is 839. The Morgan fingerprint density at radius 2 is 1.83 bits per heavy atom. The van der Waals surface area contributed by atoms with E-state index in [-0.39, 0.29) is 17.7 Å². The molecule has 6 heteroatoms. The molecule has 2 aromatic rings. The first kappa shape index (κ1) is 21.8. The fourth-order valence-corrected chi connectivity index (χ4v) is 3.58. The molecule has 1 heterocycles. The number of hydrogen-bond donors (Lipinski definition) is 2. The minimum Gasteiger partial charge on any atom is -0.455 e. The standard InChI is InChI=1S/C24H31N3O3/c1-18(2)24(29)25-15-19-9-8-14-27(16-19)17-23(28)26-21-12-6-7-13-22(21)30-20-10-4-3-5-11-20/h3-7,10-13,18-19H,8-9,14-17H2,1-2H3,(H,25,29)(H,26,28). The monoisotopic (exact) mass is 409 g/mol. The lowest BCUT2D eigenvalue weighted by molar-refractivity contribution is -0.124. The number of ether oxygens (including phenoxy) is 1. The first-order valence-electron chi connectivity index (χ1n) is 10.6. The lowest BCUT2D eigenvalue weighted by Crippen LogP contribution is -2.44. The minimum atomic E-state index is -0.0639. The van der Waals surface area contributed by atoms with E-state index in [1.165, 1.54) is 0 Å². The van der Waals surface area contributed by atoms with Gasteiger partial charge < -0.3 is 15.4 Å². The van der Waals surface area contributed by atoms with Gasteiger partial charge in [-0.15, -0.1) is 0 Å². The molecule has 1 atom stereocenters. The number of likely N-dealkylation sites (tertiary alicyclic amines) is 1. The van der Waals surface area contributed by atoms with Crippen LogP contribution < -0.4 is 15.4 Å². The summed E-state index contributed by atoms with van der Waals surface area (Å²) >= 11 is 0. The second kappa shape index (κ2) is 10.8. The highest BCUT2D eigenvalue weighted by Gasteiger charge is 2.22. The van der Waals surface area contributed by atoms with Crippen LogP contribution in [0.15, 0.2) is 54.6 Å². The number of piperidine rings is 1. The normalized spacial score (nSPS) is 16.8. The van der Waals surface area contributed by atoms with Crippen LogP contribution >= 0.6 is 0 Å². The van der Waals surface area contributed by atoms with Gasteiger partial charge in [0.15, 0.2) is 5.75 Å². The Kier molecular flexibility index (Phi) is 7.85. The summed E-state index contributed by atoms with van der Waals surface area (Å²) in [5.74, 6) is 1.73. The molecule has 1 saturated heterocycles. The van der Waals surface area contributed by atoms with E-state index in [0.29, 0.717) is 30.4 Å². The highest BCUT2D eigenvalue weighted by molar-refractivity contribution is 5.93. The van der Waals surface area contributed by atoms with Gasteiger partial charge in [-0.1, -0.05) is 44.2 Å². The molecule has 1 aliphatic heterocycles. The largest absolute Gasteiger partial charge is 0.455 e. The molecule has 160 valence electrons. The summed E-state index contributed by atoms with van der Waals surface area (Å²) in [4.78, 5) is 26.6. The number of amides is 2. The van der Waals surface area contributed by atoms with Crippen molar-refractivity contribution in [1.82, 2.24) is 10.2 Å². The zero-order chi connectivity index (χ0) is 21.3. The van der Waals surface area contributed by atoms with E-state index in [2.05, 4.69) is 15.5 Å².